The normalized spacial score (nSPS) is 19.6. The van der Waals surface area contributed by atoms with Gasteiger partial charge in [0.2, 0.25) is 0 Å². The number of rotatable bonds is 4. The van der Waals surface area contributed by atoms with Crippen molar-refractivity contribution in [1.29, 1.82) is 0 Å². The fraction of sp³-hybridized carbons (Fsp3) is 0.409. The summed E-state index contributed by atoms with van der Waals surface area (Å²) in [6.45, 7) is 4.21. The van der Waals surface area contributed by atoms with Gasteiger partial charge in [-0.05, 0) is 24.2 Å². The zero-order chi connectivity index (χ0) is 21.6. The fourth-order valence-electron chi connectivity index (χ4n) is 4.46. The number of carbonyl (C=O) groups is 1. The van der Waals surface area contributed by atoms with Gasteiger partial charge < -0.3 is 20.5 Å². The van der Waals surface area contributed by atoms with Gasteiger partial charge in [0.1, 0.15) is 11.6 Å². The number of nitrogens with zero attached hydrogens (tertiary/aromatic N) is 2. The van der Waals surface area contributed by atoms with Crippen molar-refractivity contribution in [1.82, 2.24) is 9.97 Å². The van der Waals surface area contributed by atoms with Gasteiger partial charge in [-0.2, -0.15) is 0 Å². The predicted octanol–water partition coefficient (Wildman–Crippen LogP) is 4.00. The first kappa shape index (κ1) is 20.5. The highest BCUT2D eigenvalue weighted by molar-refractivity contribution is 7.98. The molecule has 2 aliphatic rings. The molecule has 0 unspecified atom stereocenters. The van der Waals surface area contributed by atoms with Gasteiger partial charge in [0.25, 0.3) is 0 Å². The van der Waals surface area contributed by atoms with E-state index in [9.17, 15) is 4.79 Å². The van der Waals surface area contributed by atoms with Crippen LogP contribution in [-0.2, 0) is 4.79 Å². The molecule has 0 fully saturated rings. The molecule has 1 aromatic carbocycles. The van der Waals surface area contributed by atoms with Gasteiger partial charge in [-0.25, -0.2) is 9.97 Å². The Balaban J connectivity index is 2.02. The molecule has 2 heterocycles. The van der Waals surface area contributed by atoms with Crippen LogP contribution in [0.25, 0.3) is 0 Å². The number of aromatic nitrogens is 2. The number of Topliss-reactive ketones (excluding diaryl/α,β-unsaturated/α-hetero) is 1. The molecule has 1 aliphatic carbocycles. The maximum absolute atomic E-state index is 13.4. The molecule has 30 heavy (non-hydrogen) atoms. The van der Waals surface area contributed by atoms with Crippen LogP contribution in [0.5, 0.6) is 11.5 Å². The first-order valence-corrected chi connectivity index (χ1v) is 11.0. The molecule has 0 spiro atoms. The Morgan fingerprint density at radius 1 is 1.20 bits per heavy atom. The molecular weight excluding hydrogens is 400 g/mol. The summed E-state index contributed by atoms with van der Waals surface area (Å²) in [5.41, 5.74) is 9.40. The lowest BCUT2D eigenvalue weighted by molar-refractivity contribution is -0.118. The summed E-state index contributed by atoms with van der Waals surface area (Å²) >= 11 is 1.43. The topological polar surface area (TPSA) is 99.4 Å². The van der Waals surface area contributed by atoms with Crippen LogP contribution in [0, 0.1) is 5.41 Å². The molecule has 158 valence electrons. The van der Waals surface area contributed by atoms with Gasteiger partial charge in [-0.3, -0.25) is 4.79 Å². The summed E-state index contributed by atoms with van der Waals surface area (Å²) < 4.78 is 11.2. The maximum atomic E-state index is 13.4. The molecule has 7 nitrogen and oxygen atoms in total. The molecule has 3 N–H and O–H groups in total. The van der Waals surface area contributed by atoms with Gasteiger partial charge >= 0.3 is 0 Å². The van der Waals surface area contributed by atoms with E-state index in [-0.39, 0.29) is 11.2 Å². The van der Waals surface area contributed by atoms with Crippen LogP contribution in [0.3, 0.4) is 0 Å². The van der Waals surface area contributed by atoms with Gasteiger partial charge in [0, 0.05) is 28.8 Å². The van der Waals surface area contributed by atoms with Crippen LogP contribution >= 0.6 is 11.8 Å². The Labute approximate surface area is 180 Å². The van der Waals surface area contributed by atoms with Gasteiger partial charge in [-0.1, -0.05) is 37.7 Å². The van der Waals surface area contributed by atoms with Crippen LogP contribution in [0.4, 0.5) is 11.6 Å². The average molecular weight is 427 g/mol. The number of allylic oxidation sites excluding steroid dienone is 2. The Morgan fingerprint density at radius 3 is 2.63 bits per heavy atom. The van der Waals surface area contributed by atoms with E-state index in [0.29, 0.717) is 45.8 Å². The monoisotopic (exact) mass is 426 g/mol. The number of nitrogens with two attached hydrogens (primary N) is 1. The number of fused-ring (bicyclic) bond motifs is 1. The third kappa shape index (κ3) is 3.29. The Bertz CT molecular complexity index is 1060. The molecule has 1 atom stereocenters. The van der Waals surface area contributed by atoms with Crippen molar-refractivity contribution in [2.24, 2.45) is 5.41 Å². The second-order valence-corrected chi connectivity index (χ2v) is 9.11. The zero-order valence-electron chi connectivity index (χ0n) is 17.8. The number of hydrogen-bond acceptors (Lipinski definition) is 8. The minimum atomic E-state index is -0.430. The van der Waals surface area contributed by atoms with E-state index in [1.807, 2.05) is 24.5 Å². The minimum Gasteiger partial charge on any atom is -0.493 e. The number of benzene rings is 1. The van der Waals surface area contributed by atoms with E-state index in [1.165, 1.54) is 11.8 Å². The highest BCUT2D eigenvalue weighted by Gasteiger charge is 2.43. The van der Waals surface area contributed by atoms with E-state index in [0.717, 1.165) is 17.7 Å². The van der Waals surface area contributed by atoms with Crippen LogP contribution < -0.4 is 20.5 Å². The summed E-state index contributed by atoms with van der Waals surface area (Å²) in [4.78, 5) is 22.5. The summed E-state index contributed by atoms with van der Waals surface area (Å²) in [7, 11) is 3.19. The van der Waals surface area contributed by atoms with Crippen LogP contribution in [-0.4, -0.2) is 36.2 Å². The van der Waals surface area contributed by atoms with Gasteiger partial charge in [0.15, 0.2) is 22.4 Å². The maximum Gasteiger partial charge on any atom is 0.191 e. The molecule has 0 radical (unpaired) electrons. The summed E-state index contributed by atoms with van der Waals surface area (Å²) in [5.74, 6) is 1.85. The zero-order valence-corrected chi connectivity index (χ0v) is 18.6. The van der Waals surface area contributed by atoms with E-state index >= 15 is 0 Å². The molecule has 1 aromatic heterocycles. The lowest BCUT2D eigenvalue weighted by atomic mass is 9.69. The second kappa shape index (κ2) is 7.50. The number of methoxy groups -OCH3 is 2. The molecule has 4 rings (SSSR count). The van der Waals surface area contributed by atoms with Crippen molar-refractivity contribution >= 4 is 29.2 Å². The SMILES string of the molecule is COc1cccc([C@H]2C3=C(CC(C)(C)CC3=O)Nc3nc(SC)nc(N)c32)c1OC. The van der Waals surface area contributed by atoms with Crippen molar-refractivity contribution in [3.8, 4) is 11.5 Å². The largest absolute Gasteiger partial charge is 0.493 e. The fourth-order valence-corrected chi connectivity index (χ4v) is 4.83. The van der Waals surface area contributed by atoms with E-state index in [2.05, 4.69) is 29.1 Å². The molecule has 8 heteroatoms. The number of ether oxygens (including phenoxy) is 2. The predicted molar refractivity (Wildman–Crippen MR) is 118 cm³/mol. The molecule has 0 bridgehead atoms. The molecule has 2 aromatic rings. The number of anilines is 2. The quantitative estimate of drug-likeness (QED) is 0.559. The van der Waals surface area contributed by atoms with E-state index < -0.39 is 5.92 Å². The summed E-state index contributed by atoms with van der Waals surface area (Å²) in [5, 5.41) is 3.99. The van der Waals surface area contributed by atoms with Crippen molar-refractivity contribution in [2.45, 2.75) is 37.8 Å². The van der Waals surface area contributed by atoms with Gasteiger partial charge in [-0.15, -0.1) is 0 Å². The number of carbonyl (C=O) groups excluding carboxylic acids is 1. The summed E-state index contributed by atoms with van der Waals surface area (Å²) in [6, 6.07) is 5.67. The van der Waals surface area contributed by atoms with Crippen LogP contribution in [0.15, 0.2) is 34.6 Å². The van der Waals surface area contributed by atoms with Crippen LogP contribution in [0.2, 0.25) is 0 Å². The Hall–Kier alpha value is -2.74. The second-order valence-electron chi connectivity index (χ2n) is 8.33. The number of nitrogen functional groups attached to an aromatic ring is 1. The molecule has 1 aliphatic heterocycles. The molecule has 0 saturated carbocycles. The first-order valence-electron chi connectivity index (χ1n) is 9.75. The third-order valence-electron chi connectivity index (χ3n) is 5.65. The van der Waals surface area contributed by atoms with E-state index in [1.54, 1.807) is 14.2 Å². The number of hydrogen-bond donors (Lipinski definition) is 2. The Kier molecular flexibility index (Phi) is 5.13. The van der Waals surface area contributed by atoms with E-state index in [4.69, 9.17) is 15.2 Å². The van der Waals surface area contributed by atoms with Gasteiger partial charge in [0.05, 0.1) is 20.1 Å². The van der Waals surface area contributed by atoms with Crippen molar-refractivity contribution in [3.63, 3.8) is 0 Å². The van der Waals surface area contributed by atoms with Crippen LogP contribution in [0.1, 0.15) is 43.7 Å². The number of para-hydroxylation sites is 1. The van der Waals surface area contributed by atoms with Crippen molar-refractivity contribution < 1.29 is 14.3 Å². The van der Waals surface area contributed by atoms with Crippen molar-refractivity contribution in [3.05, 3.63) is 40.6 Å². The minimum absolute atomic E-state index is 0.0996. The molecule has 0 saturated heterocycles. The number of thioether (sulfide) groups is 1. The lowest BCUT2D eigenvalue weighted by Gasteiger charge is -2.39. The number of ketones is 1. The lowest BCUT2D eigenvalue weighted by Crippen LogP contribution is -2.34. The smallest absolute Gasteiger partial charge is 0.191 e. The third-order valence-corrected chi connectivity index (χ3v) is 6.20. The molecule has 0 amide bonds. The average Bonchev–Trinajstić information content (AvgIpc) is 2.70. The Morgan fingerprint density at radius 2 is 1.97 bits per heavy atom. The highest BCUT2D eigenvalue weighted by atomic mass is 32.2. The highest BCUT2D eigenvalue weighted by Crippen LogP contribution is 2.52. The standard InChI is InChI=1S/C22H26N4O3S/c1-22(2)9-12-16(13(27)10-22)15(11-7-6-8-14(28-3)18(11)29-4)17-19(23)25-21(30-5)26-20(17)24-12/h6-8,15H,9-10H2,1-5H3,(H3,23,24,25,26)/t15-/m0/s1. The summed E-state index contributed by atoms with van der Waals surface area (Å²) in [6.07, 6.45) is 3.12. The number of nitrogens with one attached hydrogen (secondary N) is 1. The first-order chi connectivity index (χ1) is 14.3. The van der Waals surface area contributed by atoms with Crippen molar-refractivity contribution in [2.75, 3.05) is 31.5 Å². The molecular formula is C22H26N4O3S.